The first-order valence-electron chi connectivity index (χ1n) is 5.05. The van der Waals surface area contributed by atoms with Crippen molar-refractivity contribution >= 4 is 49.5 Å². The summed E-state index contributed by atoms with van der Waals surface area (Å²) >= 11 is 0. The second kappa shape index (κ2) is 8.64. The van der Waals surface area contributed by atoms with Gasteiger partial charge >= 0.3 is 43.7 Å². The molecule has 0 aliphatic carbocycles. The number of ether oxygens (including phenoxy) is 1. The van der Waals surface area contributed by atoms with Gasteiger partial charge in [0, 0.05) is 0 Å². The fraction of sp³-hybridized carbons (Fsp3) is 0.333. The van der Waals surface area contributed by atoms with Crippen LogP contribution in [0.15, 0.2) is 30.3 Å². The second-order valence-corrected chi connectivity index (χ2v) is 3.61. The van der Waals surface area contributed by atoms with Gasteiger partial charge in [0.15, 0.2) is 5.78 Å². The zero-order valence-electron chi connectivity index (χ0n) is 11.9. The predicted octanol–water partition coefficient (Wildman–Crippen LogP) is 0.533. The smallest absolute Gasteiger partial charge is 1.00 e. The summed E-state index contributed by atoms with van der Waals surface area (Å²) in [6.07, 6.45) is 0.414. The molecular formula is C12H17CaNO3. The Balaban J connectivity index is -0.000000853. The normalized spacial score (nSPS) is 11.2. The summed E-state index contributed by atoms with van der Waals surface area (Å²) < 4.78 is 4.72. The van der Waals surface area contributed by atoms with Gasteiger partial charge in [-0.2, -0.15) is 0 Å². The van der Waals surface area contributed by atoms with Crippen LogP contribution in [0.5, 0.6) is 0 Å². The Kier molecular flexibility index (Phi) is 8.43. The molecular weight excluding hydrogens is 246 g/mol. The summed E-state index contributed by atoms with van der Waals surface area (Å²) in [6.45, 7) is 1.15. The van der Waals surface area contributed by atoms with Crippen LogP contribution >= 0.6 is 0 Å². The van der Waals surface area contributed by atoms with Crippen molar-refractivity contribution in [1.29, 1.82) is 0 Å². The first-order chi connectivity index (χ1) is 7.59. The van der Waals surface area contributed by atoms with E-state index in [0.29, 0.717) is 6.42 Å². The molecule has 5 heteroatoms. The monoisotopic (exact) mass is 263 g/mol. The molecule has 0 unspecified atom stereocenters. The van der Waals surface area contributed by atoms with E-state index in [9.17, 15) is 9.59 Å². The van der Waals surface area contributed by atoms with Crippen molar-refractivity contribution in [3.8, 4) is 0 Å². The van der Waals surface area contributed by atoms with Crippen LogP contribution in [0.4, 0.5) is 0 Å². The number of ketones is 1. The van der Waals surface area contributed by atoms with E-state index in [4.69, 9.17) is 10.5 Å². The number of rotatable bonds is 5. The first kappa shape index (κ1) is 16.6. The van der Waals surface area contributed by atoms with Crippen molar-refractivity contribution in [3.05, 3.63) is 35.9 Å². The van der Waals surface area contributed by atoms with E-state index in [1.165, 1.54) is 6.92 Å². The fourth-order valence-electron chi connectivity index (χ4n) is 1.23. The summed E-state index contributed by atoms with van der Waals surface area (Å²) in [5, 5.41) is 0. The van der Waals surface area contributed by atoms with Gasteiger partial charge in [0.1, 0.15) is 12.6 Å². The van der Waals surface area contributed by atoms with Crippen LogP contribution in [0, 0.1) is 0 Å². The zero-order valence-corrected chi connectivity index (χ0v) is 12.1. The summed E-state index contributed by atoms with van der Waals surface area (Å²) in [5.74, 6) is -0.737. The molecule has 0 aliphatic heterocycles. The third-order valence-electron chi connectivity index (χ3n) is 2.02. The van der Waals surface area contributed by atoms with Crippen LogP contribution in [0.2, 0.25) is 0 Å². The molecule has 90 valence electrons. The Morgan fingerprint density at radius 3 is 2.47 bits per heavy atom. The van der Waals surface area contributed by atoms with Crippen molar-refractivity contribution < 1.29 is 17.2 Å². The van der Waals surface area contributed by atoms with Gasteiger partial charge in [0.05, 0.1) is 0 Å². The molecule has 1 aromatic carbocycles. The van der Waals surface area contributed by atoms with E-state index in [1.54, 1.807) is 0 Å². The molecule has 0 fully saturated rings. The van der Waals surface area contributed by atoms with Crippen LogP contribution in [0.3, 0.4) is 0 Å². The van der Waals surface area contributed by atoms with Crippen LogP contribution < -0.4 is 5.73 Å². The molecule has 0 spiro atoms. The van der Waals surface area contributed by atoms with E-state index >= 15 is 0 Å². The summed E-state index contributed by atoms with van der Waals surface area (Å²) in [7, 11) is 0. The minimum absolute atomic E-state index is 0. The van der Waals surface area contributed by atoms with Crippen LogP contribution in [0.25, 0.3) is 0 Å². The maximum absolute atomic E-state index is 11.4. The second-order valence-electron chi connectivity index (χ2n) is 3.61. The van der Waals surface area contributed by atoms with Gasteiger partial charge in [-0.25, -0.2) is 0 Å². The number of carbonyl (C=O) groups is 2. The molecule has 0 amide bonds. The number of esters is 1. The Morgan fingerprint density at radius 2 is 1.94 bits per heavy atom. The van der Waals surface area contributed by atoms with Crippen molar-refractivity contribution in [2.24, 2.45) is 5.73 Å². The minimum Gasteiger partial charge on any atom is -1.00 e. The van der Waals surface area contributed by atoms with Gasteiger partial charge in [-0.1, -0.05) is 30.3 Å². The van der Waals surface area contributed by atoms with Gasteiger partial charge in [-0.3, -0.25) is 9.59 Å². The van der Waals surface area contributed by atoms with Crippen molar-refractivity contribution in [3.63, 3.8) is 0 Å². The summed E-state index contributed by atoms with van der Waals surface area (Å²) in [6, 6.07) is 8.70. The Morgan fingerprint density at radius 1 is 1.35 bits per heavy atom. The predicted molar refractivity (Wildman–Crippen MR) is 67.7 cm³/mol. The van der Waals surface area contributed by atoms with Crippen molar-refractivity contribution in [1.82, 2.24) is 0 Å². The van der Waals surface area contributed by atoms with Crippen LogP contribution in [-0.4, -0.2) is 62.1 Å². The molecule has 1 rings (SSSR count). The van der Waals surface area contributed by atoms with E-state index in [2.05, 4.69) is 0 Å². The molecule has 0 aliphatic rings. The molecule has 0 bridgehead atoms. The molecule has 17 heavy (non-hydrogen) atoms. The number of hydrogen-bond acceptors (Lipinski definition) is 4. The van der Waals surface area contributed by atoms with Gasteiger partial charge in [0.25, 0.3) is 0 Å². The standard InChI is InChI=1S/C12H15NO3.Ca.2H/c1-9(14)8-16-12(15)11(13)7-10-5-3-2-4-6-10;;;/h2-6,11H,7-8,13H2,1H3;;;/q;+2;2*-1/t11-;;;/m0.../s1. The minimum atomic E-state index is -0.721. The maximum atomic E-state index is 11.4. The SMILES string of the molecule is CC(=O)COC(=O)[C@@H](N)Cc1ccccc1.[Ca+2].[H-].[H-]. The molecule has 0 saturated carbocycles. The Bertz CT molecular complexity index is 376. The first-order valence-corrected chi connectivity index (χ1v) is 5.05. The van der Waals surface area contributed by atoms with Gasteiger partial charge in [-0.15, -0.1) is 0 Å². The van der Waals surface area contributed by atoms with Gasteiger partial charge in [-0.05, 0) is 18.9 Å². The quantitative estimate of drug-likeness (QED) is 0.621. The fourth-order valence-corrected chi connectivity index (χ4v) is 1.23. The van der Waals surface area contributed by atoms with E-state index in [-0.39, 0.29) is 53.0 Å². The number of hydrogen-bond donors (Lipinski definition) is 1. The molecule has 0 radical (unpaired) electrons. The van der Waals surface area contributed by atoms with E-state index in [1.807, 2.05) is 30.3 Å². The topological polar surface area (TPSA) is 69.4 Å². The van der Waals surface area contributed by atoms with Crippen LogP contribution in [0.1, 0.15) is 15.3 Å². The Labute approximate surface area is 133 Å². The number of carbonyl (C=O) groups excluding carboxylic acids is 2. The average molecular weight is 263 g/mol. The maximum Gasteiger partial charge on any atom is 2.00 e. The zero-order chi connectivity index (χ0) is 12.0. The summed E-state index contributed by atoms with van der Waals surface area (Å²) in [5.41, 5.74) is 6.62. The third kappa shape index (κ3) is 6.78. The van der Waals surface area contributed by atoms with Crippen LogP contribution in [-0.2, 0) is 20.7 Å². The molecule has 1 aromatic rings. The third-order valence-corrected chi connectivity index (χ3v) is 2.02. The molecule has 2 N–H and O–H groups in total. The number of Topliss-reactive ketones (excluding diaryl/α,β-unsaturated/α-hetero) is 1. The van der Waals surface area contributed by atoms with E-state index < -0.39 is 12.0 Å². The van der Waals surface area contributed by atoms with Gasteiger partial charge in [0.2, 0.25) is 0 Å². The average Bonchev–Trinajstić information content (AvgIpc) is 2.27. The largest absolute Gasteiger partial charge is 2.00 e. The van der Waals surface area contributed by atoms with E-state index in [0.717, 1.165) is 5.56 Å². The van der Waals surface area contributed by atoms with Crippen molar-refractivity contribution in [2.75, 3.05) is 6.61 Å². The number of nitrogens with two attached hydrogens (primary N) is 1. The molecule has 0 heterocycles. The molecule has 0 aromatic heterocycles. The van der Waals surface area contributed by atoms with Crippen molar-refractivity contribution in [2.45, 2.75) is 19.4 Å². The summed E-state index contributed by atoms with van der Waals surface area (Å²) in [4.78, 5) is 22.0. The molecule has 0 saturated heterocycles. The molecule has 1 atom stereocenters. The van der Waals surface area contributed by atoms with Gasteiger partial charge < -0.3 is 13.3 Å². The molecule has 4 nitrogen and oxygen atoms in total. The Hall–Kier alpha value is -0.420. The number of benzene rings is 1.